The van der Waals surface area contributed by atoms with Gasteiger partial charge in [-0.25, -0.2) is 17.2 Å². The number of hydrogen-bond donors (Lipinski definition) is 0. The zero-order chi connectivity index (χ0) is 27.7. The first kappa shape index (κ1) is 27.6. The number of nitrogens with zero attached hydrogens (tertiary/aromatic N) is 2. The van der Waals surface area contributed by atoms with Gasteiger partial charge in [0.25, 0.3) is 17.4 Å². The summed E-state index contributed by atoms with van der Waals surface area (Å²) >= 11 is 6.32. The monoisotopic (exact) mass is 570 g/mol. The Labute approximate surface area is 225 Å². The first-order valence-corrected chi connectivity index (χ1v) is 15.1. The van der Waals surface area contributed by atoms with Gasteiger partial charge in [0.2, 0.25) is 0 Å². The van der Waals surface area contributed by atoms with Crippen LogP contribution in [0.4, 0.5) is 0 Å². The number of ether oxygens (including phenoxy) is 1. The lowest BCUT2D eigenvalue weighted by molar-refractivity contribution is 0.0520. The summed E-state index contributed by atoms with van der Waals surface area (Å²) in [6.45, 7) is 4.84. The molecule has 0 fully saturated rings. The van der Waals surface area contributed by atoms with Crippen LogP contribution in [0.25, 0.3) is 10.9 Å². The van der Waals surface area contributed by atoms with E-state index >= 15 is 0 Å². The maximum atomic E-state index is 15.0. The predicted octanol–water partition coefficient (Wildman–Crippen LogP) is 5.15. The highest BCUT2D eigenvalue weighted by molar-refractivity contribution is 7.90. The molecule has 0 saturated heterocycles. The Kier molecular flexibility index (Phi) is 7.82. The van der Waals surface area contributed by atoms with E-state index in [2.05, 4.69) is 0 Å². The molecule has 11 heteroatoms. The number of benzene rings is 3. The molecule has 4 rings (SSSR count). The molecule has 0 bridgehead atoms. The van der Waals surface area contributed by atoms with Crippen molar-refractivity contribution in [1.29, 1.82) is 5.26 Å². The molecule has 0 spiro atoms. The molecule has 0 N–H and O–H groups in total. The summed E-state index contributed by atoms with van der Waals surface area (Å²) in [5.41, 5.74) is 0.487. The van der Waals surface area contributed by atoms with E-state index in [0.717, 1.165) is 3.97 Å². The van der Waals surface area contributed by atoms with Crippen molar-refractivity contribution in [3.63, 3.8) is 0 Å². The highest BCUT2D eigenvalue weighted by atomic mass is 35.5. The van der Waals surface area contributed by atoms with E-state index in [1.54, 1.807) is 51.1 Å². The van der Waals surface area contributed by atoms with Crippen LogP contribution < -0.4 is 10.6 Å². The van der Waals surface area contributed by atoms with Crippen molar-refractivity contribution in [3.8, 4) is 6.07 Å². The van der Waals surface area contributed by atoms with Crippen LogP contribution >= 0.6 is 19.0 Å². The molecular formula is C27H24ClN2O6PS. The van der Waals surface area contributed by atoms with Crippen molar-refractivity contribution in [3.05, 3.63) is 88.6 Å². The molecule has 1 atom stereocenters. The van der Waals surface area contributed by atoms with Crippen LogP contribution in [-0.2, 0) is 23.8 Å². The third kappa shape index (κ3) is 4.77. The molecule has 1 aromatic heterocycles. The summed E-state index contributed by atoms with van der Waals surface area (Å²) in [6, 6.07) is 18.6. The number of carbonyl (C=O) groups excluding carboxylic acids is 1. The highest BCUT2D eigenvalue weighted by Crippen LogP contribution is 2.49. The largest absolute Gasteiger partial charge is 0.461 e. The van der Waals surface area contributed by atoms with Crippen LogP contribution in [0.1, 0.15) is 35.5 Å². The normalized spacial score (nSPS) is 13.1. The van der Waals surface area contributed by atoms with E-state index in [-0.39, 0.29) is 50.2 Å². The summed E-state index contributed by atoms with van der Waals surface area (Å²) in [6.07, 6.45) is 0. The number of esters is 1. The molecule has 0 saturated carbocycles. The third-order valence-corrected chi connectivity index (χ3v) is 10.3. The second kappa shape index (κ2) is 10.8. The second-order valence-electron chi connectivity index (χ2n) is 8.30. The Balaban J connectivity index is 2.24. The van der Waals surface area contributed by atoms with E-state index in [9.17, 15) is 23.0 Å². The number of halogens is 1. The number of rotatable bonds is 8. The van der Waals surface area contributed by atoms with E-state index in [1.165, 1.54) is 36.4 Å². The molecule has 38 heavy (non-hydrogen) atoms. The average Bonchev–Trinajstić information content (AvgIpc) is 3.24. The molecule has 0 aliphatic heterocycles. The number of nitriles is 1. The minimum atomic E-state index is -4.39. The zero-order valence-electron chi connectivity index (χ0n) is 20.8. The second-order valence-corrected chi connectivity index (χ2v) is 12.8. The number of aromatic nitrogens is 1. The smallest absolute Gasteiger partial charge is 0.356 e. The average molecular weight is 571 g/mol. The Morgan fingerprint density at radius 2 is 1.76 bits per heavy atom. The van der Waals surface area contributed by atoms with E-state index in [0.29, 0.717) is 5.56 Å². The minimum Gasteiger partial charge on any atom is -0.461 e. The first-order chi connectivity index (χ1) is 18.1. The van der Waals surface area contributed by atoms with Crippen LogP contribution in [0.2, 0.25) is 5.02 Å². The van der Waals surface area contributed by atoms with Crippen molar-refractivity contribution in [2.45, 2.75) is 25.7 Å². The van der Waals surface area contributed by atoms with Crippen molar-refractivity contribution in [1.82, 2.24) is 3.97 Å². The number of fused-ring (bicyclic) bond motifs is 1. The maximum absolute atomic E-state index is 15.0. The topological polar surface area (TPSA) is 115 Å². The number of hydrogen-bond acceptors (Lipinski definition) is 7. The van der Waals surface area contributed by atoms with Crippen LogP contribution in [0.15, 0.2) is 71.6 Å². The first-order valence-electron chi connectivity index (χ1n) is 11.7. The summed E-state index contributed by atoms with van der Waals surface area (Å²) in [7, 11) is -8.59. The molecule has 3 aromatic carbocycles. The summed E-state index contributed by atoms with van der Waals surface area (Å²) in [5, 5.41) is 9.91. The fraction of sp³-hybridized carbons (Fsp3) is 0.185. The lowest BCUT2D eigenvalue weighted by Crippen LogP contribution is -2.28. The summed E-state index contributed by atoms with van der Waals surface area (Å²) < 4.78 is 55.0. The Bertz CT molecular complexity index is 1740. The van der Waals surface area contributed by atoms with Crippen LogP contribution in [0.5, 0.6) is 0 Å². The maximum Gasteiger partial charge on any atom is 0.356 e. The third-order valence-electron chi connectivity index (χ3n) is 5.75. The van der Waals surface area contributed by atoms with Crippen molar-refractivity contribution >= 4 is 56.5 Å². The fourth-order valence-corrected chi connectivity index (χ4v) is 8.62. The SMILES string of the molecule is CCOC(=O)c1c(P(=O)(OCC)c2cc(C)cc(C#N)c2)c2cc(Cl)ccc2n1S(=O)(=O)c1ccccc1. The molecule has 0 amide bonds. The zero-order valence-corrected chi connectivity index (χ0v) is 23.3. The molecular weight excluding hydrogens is 547 g/mol. The number of carbonyl (C=O) groups is 1. The van der Waals surface area contributed by atoms with Gasteiger partial charge < -0.3 is 9.26 Å². The van der Waals surface area contributed by atoms with Gasteiger partial charge in [-0.15, -0.1) is 0 Å². The van der Waals surface area contributed by atoms with Gasteiger partial charge in [0.1, 0.15) is 0 Å². The standard InChI is InChI=1S/C27H24ClN2O6PS/c1-4-35-27(31)25-26(37(32,36-5-2)21-14-18(3)13-19(15-21)17-29)23-16-20(28)11-12-24(23)30(25)38(33,34)22-9-7-6-8-10-22/h6-16H,4-5H2,1-3H3. The van der Waals surface area contributed by atoms with Crippen LogP contribution in [0, 0.1) is 18.3 Å². The van der Waals surface area contributed by atoms with E-state index < -0.39 is 29.1 Å². The molecule has 0 radical (unpaired) electrons. The van der Waals surface area contributed by atoms with Crippen LogP contribution in [-0.4, -0.2) is 31.6 Å². The van der Waals surface area contributed by atoms with Gasteiger partial charge in [-0.3, -0.25) is 4.57 Å². The highest BCUT2D eigenvalue weighted by Gasteiger charge is 2.42. The molecule has 8 nitrogen and oxygen atoms in total. The van der Waals surface area contributed by atoms with Crippen molar-refractivity contribution in [2.24, 2.45) is 0 Å². The van der Waals surface area contributed by atoms with Crippen molar-refractivity contribution < 1.29 is 27.0 Å². The van der Waals surface area contributed by atoms with Gasteiger partial charge in [0.15, 0.2) is 5.69 Å². The lowest BCUT2D eigenvalue weighted by Gasteiger charge is -2.21. The molecule has 1 heterocycles. The Morgan fingerprint density at radius 3 is 2.39 bits per heavy atom. The van der Waals surface area contributed by atoms with E-state index in [1.807, 2.05) is 6.07 Å². The van der Waals surface area contributed by atoms with Gasteiger partial charge >= 0.3 is 5.97 Å². The van der Waals surface area contributed by atoms with Gasteiger partial charge in [-0.2, -0.15) is 5.26 Å². The van der Waals surface area contributed by atoms with Gasteiger partial charge in [0.05, 0.1) is 40.6 Å². The van der Waals surface area contributed by atoms with Gasteiger partial charge in [0, 0.05) is 15.7 Å². The van der Waals surface area contributed by atoms with Crippen molar-refractivity contribution in [2.75, 3.05) is 13.2 Å². The predicted molar refractivity (Wildman–Crippen MR) is 146 cm³/mol. The molecule has 0 aliphatic carbocycles. The Morgan fingerprint density at radius 1 is 1.05 bits per heavy atom. The lowest BCUT2D eigenvalue weighted by atomic mass is 10.2. The van der Waals surface area contributed by atoms with E-state index in [4.69, 9.17) is 20.9 Å². The van der Waals surface area contributed by atoms with Crippen LogP contribution in [0.3, 0.4) is 0 Å². The quantitative estimate of drug-likeness (QED) is 0.212. The number of aryl methyl sites for hydroxylation is 1. The fourth-order valence-electron chi connectivity index (χ4n) is 4.29. The summed E-state index contributed by atoms with van der Waals surface area (Å²) in [4.78, 5) is 13.4. The minimum absolute atomic E-state index is 0.0337. The molecule has 4 aromatic rings. The molecule has 196 valence electrons. The Hall–Kier alpha value is -3.41. The van der Waals surface area contributed by atoms with Gasteiger partial charge in [-0.05, 0) is 74.9 Å². The summed E-state index contributed by atoms with van der Waals surface area (Å²) in [5.74, 6) is -0.998. The molecule has 0 aliphatic rings. The van der Waals surface area contributed by atoms with Gasteiger partial charge in [-0.1, -0.05) is 29.8 Å². The molecule has 1 unspecified atom stereocenters.